The van der Waals surface area contributed by atoms with Crippen molar-refractivity contribution >= 4 is 5.78 Å². The van der Waals surface area contributed by atoms with Crippen molar-refractivity contribution in [2.24, 2.45) is 0 Å². The third-order valence-electron chi connectivity index (χ3n) is 3.36. The van der Waals surface area contributed by atoms with Gasteiger partial charge < -0.3 is 0 Å². The second kappa shape index (κ2) is 4.61. The van der Waals surface area contributed by atoms with Crippen LogP contribution in [0.2, 0.25) is 0 Å². The molecule has 0 N–H and O–H groups in total. The van der Waals surface area contributed by atoms with Crippen LogP contribution in [0.5, 0.6) is 0 Å². The summed E-state index contributed by atoms with van der Waals surface area (Å²) in [5.74, 6) is 0.962. The summed E-state index contributed by atoms with van der Waals surface area (Å²) in [6.07, 6.45) is 5.88. The smallest absolute Gasteiger partial charge is 0.162 e. The van der Waals surface area contributed by atoms with Gasteiger partial charge in [0, 0.05) is 12.0 Å². The fraction of sp³-hybridized carbons (Fsp3) is 0.500. The van der Waals surface area contributed by atoms with Gasteiger partial charge in [0.1, 0.15) is 0 Å². The quantitative estimate of drug-likeness (QED) is 0.678. The standard InChI is InChI=1S/C14H18O/c1-2-14(15)13-9-5-8-12(10-13)11-6-3-4-7-11/h5,8-11H,2-4,6-7H2,1H3. The van der Waals surface area contributed by atoms with Gasteiger partial charge in [0.2, 0.25) is 0 Å². The Bertz CT molecular complexity index is 348. The number of rotatable bonds is 3. The van der Waals surface area contributed by atoms with Crippen molar-refractivity contribution < 1.29 is 4.79 Å². The zero-order chi connectivity index (χ0) is 10.7. The summed E-state index contributed by atoms with van der Waals surface area (Å²) in [4.78, 5) is 11.6. The van der Waals surface area contributed by atoms with Gasteiger partial charge in [-0.15, -0.1) is 0 Å². The first-order valence-electron chi connectivity index (χ1n) is 5.94. The van der Waals surface area contributed by atoms with Gasteiger partial charge in [0.15, 0.2) is 5.78 Å². The molecule has 0 bridgehead atoms. The van der Waals surface area contributed by atoms with Crippen LogP contribution < -0.4 is 0 Å². The first-order valence-corrected chi connectivity index (χ1v) is 5.94. The van der Waals surface area contributed by atoms with Gasteiger partial charge >= 0.3 is 0 Å². The summed E-state index contributed by atoms with van der Waals surface area (Å²) in [5, 5.41) is 0. The van der Waals surface area contributed by atoms with Crippen LogP contribution in [-0.4, -0.2) is 5.78 Å². The summed E-state index contributed by atoms with van der Waals surface area (Å²) in [7, 11) is 0. The lowest BCUT2D eigenvalue weighted by molar-refractivity contribution is 0.0988. The highest BCUT2D eigenvalue weighted by Gasteiger charge is 2.17. The van der Waals surface area contributed by atoms with E-state index in [2.05, 4.69) is 12.1 Å². The minimum Gasteiger partial charge on any atom is -0.294 e. The van der Waals surface area contributed by atoms with Gasteiger partial charge in [-0.2, -0.15) is 0 Å². The van der Waals surface area contributed by atoms with E-state index in [0.717, 1.165) is 5.56 Å². The molecule has 0 radical (unpaired) electrons. The fourth-order valence-electron chi connectivity index (χ4n) is 2.43. The number of benzene rings is 1. The molecule has 0 saturated heterocycles. The second-order valence-electron chi connectivity index (χ2n) is 4.38. The first-order chi connectivity index (χ1) is 7.31. The summed E-state index contributed by atoms with van der Waals surface area (Å²) in [6.45, 7) is 1.92. The van der Waals surface area contributed by atoms with E-state index in [1.54, 1.807) is 0 Å². The molecule has 1 nitrogen and oxygen atoms in total. The summed E-state index contributed by atoms with van der Waals surface area (Å²) >= 11 is 0. The third-order valence-corrected chi connectivity index (χ3v) is 3.36. The lowest BCUT2D eigenvalue weighted by Gasteiger charge is -2.10. The van der Waals surface area contributed by atoms with E-state index in [-0.39, 0.29) is 5.78 Å². The van der Waals surface area contributed by atoms with Crippen molar-refractivity contribution in [3.05, 3.63) is 35.4 Å². The largest absolute Gasteiger partial charge is 0.294 e. The Hall–Kier alpha value is -1.11. The Balaban J connectivity index is 2.21. The van der Waals surface area contributed by atoms with Crippen molar-refractivity contribution in [1.82, 2.24) is 0 Å². The maximum atomic E-state index is 11.6. The molecular formula is C14H18O. The maximum absolute atomic E-state index is 11.6. The molecule has 2 rings (SSSR count). The molecule has 1 fully saturated rings. The second-order valence-corrected chi connectivity index (χ2v) is 4.38. The van der Waals surface area contributed by atoms with Gasteiger partial charge in [-0.25, -0.2) is 0 Å². The molecule has 1 aromatic rings. The van der Waals surface area contributed by atoms with Crippen molar-refractivity contribution in [3.63, 3.8) is 0 Å². The molecule has 0 amide bonds. The summed E-state index contributed by atoms with van der Waals surface area (Å²) in [6, 6.07) is 8.23. The van der Waals surface area contributed by atoms with Crippen LogP contribution >= 0.6 is 0 Å². The molecule has 1 aromatic carbocycles. The number of ketones is 1. The number of hydrogen-bond donors (Lipinski definition) is 0. The third kappa shape index (κ3) is 2.28. The van der Waals surface area contributed by atoms with E-state index in [1.165, 1.54) is 31.2 Å². The Kier molecular flexibility index (Phi) is 3.20. The topological polar surface area (TPSA) is 17.1 Å². The highest BCUT2D eigenvalue weighted by molar-refractivity contribution is 5.95. The molecule has 0 aromatic heterocycles. The van der Waals surface area contributed by atoms with Gasteiger partial charge in [0.05, 0.1) is 0 Å². The minimum absolute atomic E-state index is 0.259. The number of carbonyl (C=O) groups is 1. The van der Waals surface area contributed by atoms with E-state index < -0.39 is 0 Å². The Morgan fingerprint density at radius 2 is 2.07 bits per heavy atom. The Labute approximate surface area is 91.5 Å². The molecule has 0 aliphatic heterocycles. The average Bonchev–Trinajstić information content (AvgIpc) is 2.82. The molecule has 0 unspecified atom stereocenters. The van der Waals surface area contributed by atoms with Crippen molar-refractivity contribution in [3.8, 4) is 0 Å². The van der Waals surface area contributed by atoms with Crippen molar-refractivity contribution in [2.45, 2.75) is 44.9 Å². The van der Waals surface area contributed by atoms with Crippen molar-refractivity contribution in [2.75, 3.05) is 0 Å². The molecule has 1 aliphatic rings. The average molecular weight is 202 g/mol. The zero-order valence-corrected chi connectivity index (χ0v) is 9.33. The van der Waals surface area contributed by atoms with Gasteiger partial charge in [-0.1, -0.05) is 38.0 Å². The van der Waals surface area contributed by atoms with Crippen LogP contribution in [-0.2, 0) is 0 Å². The molecule has 15 heavy (non-hydrogen) atoms. The first kappa shape index (κ1) is 10.4. The zero-order valence-electron chi connectivity index (χ0n) is 9.33. The lowest BCUT2D eigenvalue weighted by Crippen LogP contribution is -1.99. The Morgan fingerprint density at radius 1 is 1.33 bits per heavy atom. The van der Waals surface area contributed by atoms with E-state index in [0.29, 0.717) is 12.3 Å². The van der Waals surface area contributed by atoms with Gasteiger partial charge in [-0.3, -0.25) is 4.79 Å². The summed E-state index contributed by atoms with van der Waals surface area (Å²) < 4.78 is 0. The number of hydrogen-bond acceptors (Lipinski definition) is 1. The van der Waals surface area contributed by atoms with E-state index >= 15 is 0 Å². The molecule has 0 heterocycles. The Morgan fingerprint density at radius 3 is 2.73 bits per heavy atom. The van der Waals surface area contributed by atoms with Crippen LogP contribution in [0, 0.1) is 0 Å². The molecule has 0 atom stereocenters. The van der Waals surface area contributed by atoms with E-state index in [1.807, 2.05) is 19.1 Å². The SMILES string of the molecule is CCC(=O)c1cccc(C2CCCC2)c1. The molecule has 80 valence electrons. The fourth-order valence-corrected chi connectivity index (χ4v) is 2.43. The minimum atomic E-state index is 0.259. The predicted octanol–water partition coefficient (Wildman–Crippen LogP) is 3.94. The highest BCUT2D eigenvalue weighted by Crippen LogP contribution is 2.34. The maximum Gasteiger partial charge on any atom is 0.162 e. The monoisotopic (exact) mass is 202 g/mol. The van der Waals surface area contributed by atoms with E-state index in [9.17, 15) is 4.79 Å². The van der Waals surface area contributed by atoms with Crippen LogP contribution in [0.4, 0.5) is 0 Å². The number of carbonyl (C=O) groups excluding carboxylic acids is 1. The van der Waals surface area contributed by atoms with Crippen LogP contribution in [0.1, 0.15) is 60.9 Å². The van der Waals surface area contributed by atoms with Gasteiger partial charge in [0.25, 0.3) is 0 Å². The van der Waals surface area contributed by atoms with Crippen LogP contribution in [0.25, 0.3) is 0 Å². The lowest BCUT2D eigenvalue weighted by atomic mass is 9.95. The predicted molar refractivity (Wildman–Crippen MR) is 62.3 cm³/mol. The molecule has 1 saturated carbocycles. The molecule has 1 aliphatic carbocycles. The van der Waals surface area contributed by atoms with Crippen molar-refractivity contribution in [1.29, 1.82) is 0 Å². The molecular weight excluding hydrogens is 184 g/mol. The molecule has 1 heteroatoms. The van der Waals surface area contributed by atoms with Gasteiger partial charge in [-0.05, 0) is 30.4 Å². The highest BCUT2D eigenvalue weighted by atomic mass is 16.1. The van der Waals surface area contributed by atoms with Crippen LogP contribution in [0.15, 0.2) is 24.3 Å². The normalized spacial score (nSPS) is 16.9. The number of Topliss-reactive ketones (excluding diaryl/α,β-unsaturated/α-hetero) is 1. The van der Waals surface area contributed by atoms with Crippen LogP contribution in [0.3, 0.4) is 0 Å². The molecule has 0 spiro atoms. The van der Waals surface area contributed by atoms with E-state index in [4.69, 9.17) is 0 Å². The summed E-state index contributed by atoms with van der Waals surface area (Å²) in [5.41, 5.74) is 2.26.